The van der Waals surface area contributed by atoms with Crippen molar-refractivity contribution in [3.63, 3.8) is 0 Å². The van der Waals surface area contributed by atoms with Crippen LogP contribution in [-0.4, -0.2) is 63.3 Å². The maximum Gasteiger partial charge on any atom is 0.191 e. The number of hydrogen-bond donors (Lipinski definition) is 2. The van der Waals surface area contributed by atoms with Gasteiger partial charge in [-0.15, -0.1) is 24.0 Å². The second-order valence-electron chi connectivity index (χ2n) is 7.15. The van der Waals surface area contributed by atoms with Gasteiger partial charge < -0.3 is 15.4 Å². The Labute approximate surface area is 180 Å². The monoisotopic (exact) mass is 492 g/mol. The summed E-state index contributed by atoms with van der Waals surface area (Å²) in [5.74, 6) is 1.26. The molecule has 0 saturated carbocycles. The van der Waals surface area contributed by atoms with E-state index in [9.17, 15) is 4.39 Å². The maximum absolute atomic E-state index is 13.7. The highest BCUT2D eigenvalue weighted by Crippen LogP contribution is 2.13. The highest BCUT2D eigenvalue weighted by atomic mass is 127. The first-order chi connectivity index (χ1) is 12.6. The van der Waals surface area contributed by atoms with E-state index in [1.807, 2.05) is 12.1 Å². The molecule has 1 unspecified atom stereocenters. The largest absolute Gasteiger partial charge is 0.379 e. The number of benzene rings is 1. The summed E-state index contributed by atoms with van der Waals surface area (Å²) in [6, 6.07) is 7.37. The fraction of sp³-hybridized carbons (Fsp3) is 0.650. The van der Waals surface area contributed by atoms with Gasteiger partial charge in [0, 0.05) is 39.3 Å². The number of morpholine rings is 1. The van der Waals surface area contributed by atoms with Crippen molar-refractivity contribution in [1.29, 1.82) is 0 Å². The van der Waals surface area contributed by atoms with Gasteiger partial charge in [-0.1, -0.05) is 32.0 Å². The molecule has 0 spiro atoms. The molecule has 1 aliphatic heterocycles. The van der Waals surface area contributed by atoms with E-state index in [1.54, 1.807) is 13.1 Å². The molecule has 1 saturated heterocycles. The number of rotatable bonds is 8. The molecule has 0 bridgehead atoms. The van der Waals surface area contributed by atoms with Gasteiger partial charge in [-0.05, 0) is 30.4 Å². The third-order valence-electron chi connectivity index (χ3n) is 4.68. The fourth-order valence-electron chi connectivity index (χ4n) is 3.30. The van der Waals surface area contributed by atoms with Gasteiger partial charge in [0.2, 0.25) is 0 Å². The zero-order chi connectivity index (χ0) is 18.8. The van der Waals surface area contributed by atoms with Crippen LogP contribution in [0, 0.1) is 11.7 Å². The van der Waals surface area contributed by atoms with Gasteiger partial charge in [-0.3, -0.25) is 9.89 Å². The zero-order valence-corrected chi connectivity index (χ0v) is 19.0. The number of nitrogens with zero attached hydrogens (tertiary/aromatic N) is 2. The number of nitrogens with one attached hydrogen (secondary N) is 2. The van der Waals surface area contributed by atoms with Crippen LogP contribution in [0.15, 0.2) is 29.3 Å². The second-order valence-corrected chi connectivity index (χ2v) is 7.15. The molecule has 0 amide bonds. The van der Waals surface area contributed by atoms with Gasteiger partial charge in [0.25, 0.3) is 0 Å². The van der Waals surface area contributed by atoms with E-state index in [0.717, 1.165) is 50.8 Å². The van der Waals surface area contributed by atoms with E-state index < -0.39 is 0 Å². The van der Waals surface area contributed by atoms with Crippen molar-refractivity contribution in [3.05, 3.63) is 35.6 Å². The lowest BCUT2D eigenvalue weighted by Gasteiger charge is -2.35. The van der Waals surface area contributed by atoms with Crippen molar-refractivity contribution < 1.29 is 9.13 Å². The lowest BCUT2D eigenvalue weighted by atomic mass is 10.0. The summed E-state index contributed by atoms with van der Waals surface area (Å²) < 4.78 is 19.2. The highest BCUT2D eigenvalue weighted by molar-refractivity contribution is 14.0. The van der Waals surface area contributed by atoms with E-state index in [4.69, 9.17) is 4.74 Å². The summed E-state index contributed by atoms with van der Waals surface area (Å²) in [7, 11) is 1.77. The summed E-state index contributed by atoms with van der Waals surface area (Å²) in [5, 5.41) is 6.72. The molecule has 1 heterocycles. The molecule has 1 aromatic rings. The van der Waals surface area contributed by atoms with Crippen molar-refractivity contribution in [2.24, 2.45) is 10.9 Å². The first-order valence-electron chi connectivity index (χ1n) is 9.60. The predicted molar refractivity (Wildman–Crippen MR) is 121 cm³/mol. The molecule has 1 aliphatic rings. The van der Waals surface area contributed by atoms with Crippen LogP contribution in [0.1, 0.15) is 25.8 Å². The van der Waals surface area contributed by atoms with E-state index in [2.05, 4.69) is 34.4 Å². The molecule has 1 aromatic carbocycles. The molecule has 154 valence electrons. The third kappa shape index (κ3) is 8.74. The zero-order valence-electron chi connectivity index (χ0n) is 16.7. The van der Waals surface area contributed by atoms with Gasteiger partial charge in [0.1, 0.15) is 5.82 Å². The first kappa shape index (κ1) is 24.1. The SMILES string of the molecule is CN=C(NCCc1ccccc1F)NCC(CC(C)C)N1CCOCC1.I. The van der Waals surface area contributed by atoms with Crippen LogP contribution in [0.4, 0.5) is 4.39 Å². The quantitative estimate of drug-likeness (QED) is 0.333. The van der Waals surface area contributed by atoms with Crippen LogP contribution in [0.2, 0.25) is 0 Å². The van der Waals surface area contributed by atoms with Gasteiger partial charge >= 0.3 is 0 Å². The number of guanidine groups is 1. The lowest BCUT2D eigenvalue weighted by Crippen LogP contribution is -2.51. The molecule has 1 atom stereocenters. The summed E-state index contributed by atoms with van der Waals surface area (Å²) in [6.07, 6.45) is 1.77. The minimum absolute atomic E-state index is 0. The molecule has 1 fully saturated rings. The molecule has 0 aliphatic carbocycles. The Hall–Kier alpha value is -0.930. The summed E-state index contributed by atoms with van der Waals surface area (Å²) in [5.41, 5.74) is 0.724. The Bertz CT molecular complexity index is 565. The number of aliphatic imine (C=N–C) groups is 1. The van der Waals surface area contributed by atoms with E-state index in [-0.39, 0.29) is 29.8 Å². The lowest BCUT2D eigenvalue weighted by molar-refractivity contribution is 0.0132. The standard InChI is InChI=1S/C20H33FN4O.HI/c1-16(2)14-18(25-10-12-26-13-11-25)15-24-20(22-3)23-9-8-17-6-4-5-7-19(17)21;/h4-7,16,18H,8-15H2,1-3H3,(H2,22,23,24);1H. The molecule has 2 rings (SSSR count). The van der Waals surface area contributed by atoms with Crippen LogP contribution >= 0.6 is 24.0 Å². The van der Waals surface area contributed by atoms with Crippen molar-refractivity contribution in [3.8, 4) is 0 Å². The van der Waals surface area contributed by atoms with Crippen LogP contribution in [0.3, 0.4) is 0 Å². The fourth-order valence-corrected chi connectivity index (χ4v) is 3.30. The first-order valence-corrected chi connectivity index (χ1v) is 9.60. The van der Waals surface area contributed by atoms with Crippen LogP contribution in [0.5, 0.6) is 0 Å². The smallest absolute Gasteiger partial charge is 0.191 e. The second kappa shape index (κ2) is 13.3. The average molecular weight is 492 g/mol. The molecule has 27 heavy (non-hydrogen) atoms. The van der Waals surface area contributed by atoms with E-state index in [1.165, 1.54) is 6.07 Å². The van der Waals surface area contributed by atoms with Crippen LogP contribution in [-0.2, 0) is 11.2 Å². The summed E-state index contributed by atoms with van der Waals surface area (Å²) in [4.78, 5) is 6.80. The molecule has 5 nitrogen and oxygen atoms in total. The van der Waals surface area contributed by atoms with Crippen molar-refractivity contribution in [2.45, 2.75) is 32.7 Å². The van der Waals surface area contributed by atoms with Crippen molar-refractivity contribution >= 4 is 29.9 Å². The number of hydrogen-bond acceptors (Lipinski definition) is 3. The van der Waals surface area contributed by atoms with E-state index in [0.29, 0.717) is 24.9 Å². The Morgan fingerprint density at radius 1 is 1.22 bits per heavy atom. The van der Waals surface area contributed by atoms with Gasteiger partial charge in [0.05, 0.1) is 13.2 Å². The molecule has 2 N–H and O–H groups in total. The predicted octanol–water partition coefficient (Wildman–Crippen LogP) is 2.90. The third-order valence-corrected chi connectivity index (χ3v) is 4.68. The van der Waals surface area contributed by atoms with Gasteiger partial charge in [-0.2, -0.15) is 0 Å². The van der Waals surface area contributed by atoms with Gasteiger partial charge in [-0.25, -0.2) is 4.39 Å². The number of ether oxygens (including phenoxy) is 1. The molecule has 0 radical (unpaired) electrons. The van der Waals surface area contributed by atoms with Crippen LogP contribution < -0.4 is 10.6 Å². The van der Waals surface area contributed by atoms with Crippen molar-refractivity contribution in [1.82, 2.24) is 15.5 Å². The molecular weight excluding hydrogens is 458 g/mol. The Morgan fingerprint density at radius 3 is 2.56 bits per heavy atom. The topological polar surface area (TPSA) is 48.9 Å². The molecular formula is C20H34FIN4O. The van der Waals surface area contributed by atoms with Crippen LogP contribution in [0.25, 0.3) is 0 Å². The van der Waals surface area contributed by atoms with Crippen molar-refractivity contribution in [2.75, 3.05) is 46.4 Å². The Balaban J connectivity index is 0.00000364. The average Bonchev–Trinajstić information content (AvgIpc) is 2.65. The van der Waals surface area contributed by atoms with Gasteiger partial charge in [0.15, 0.2) is 5.96 Å². The summed E-state index contributed by atoms with van der Waals surface area (Å²) in [6.45, 7) is 9.60. The maximum atomic E-state index is 13.7. The summed E-state index contributed by atoms with van der Waals surface area (Å²) >= 11 is 0. The normalized spacial score (nSPS) is 16.7. The van der Waals surface area contributed by atoms with E-state index >= 15 is 0 Å². The Morgan fingerprint density at radius 2 is 1.93 bits per heavy atom. The Kier molecular flexibility index (Phi) is 11.9. The minimum Gasteiger partial charge on any atom is -0.379 e. The minimum atomic E-state index is -0.151. The molecule has 7 heteroatoms. The number of halogens is 2. The molecule has 0 aromatic heterocycles. The highest BCUT2D eigenvalue weighted by Gasteiger charge is 2.22.